The molecule has 5 aromatic rings. The third-order valence-corrected chi connectivity index (χ3v) is 9.67. The highest BCUT2D eigenvalue weighted by Gasteiger charge is 2.57. The largest absolute Gasteiger partial charge is 0.453 e. The van der Waals surface area contributed by atoms with Gasteiger partial charge in [-0.3, -0.25) is 19.5 Å². The van der Waals surface area contributed by atoms with E-state index in [1.54, 1.807) is 19.4 Å². The molecule has 0 bridgehead atoms. The van der Waals surface area contributed by atoms with E-state index in [9.17, 15) is 14.0 Å². The fourth-order valence-electron chi connectivity index (χ4n) is 5.47. The van der Waals surface area contributed by atoms with Crippen molar-refractivity contribution >= 4 is 44.7 Å². The standard InChI is InChI=1S/C38H38F2N4O6S/c1-47-18-19-49-21-20-48-17-16-42-24-25-2-4-26(5-3-25)34-23-31-35(51-34)33(12-15-43-31)50-32-11-10-29(22-30(32)40)44(28-8-6-27(39)7-9-28)37(46)38(13-14-38)36(41)45/h2-12,15,22-23,42H,13-14,16-21,24H2,1H3,(H2,41,45). The van der Waals surface area contributed by atoms with Gasteiger partial charge in [-0.15, -0.1) is 11.3 Å². The summed E-state index contributed by atoms with van der Waals surface area (Å²) in [7, 11) is 1.64. The lowest BCUT2D eigenvalue weighted by Crippen LogP contribution is -2.41. The number of amides is 2. The molecule has 1 aliphatic rings. The molecule has 1 saturated carbocycles. The van der Waals surface area contributed by atoms with Crippen LogP contribution < -0.4 is 20.7 Å². The maximum atomic E-state index is 15.7. The zero-order valence-corrected chi connectivity index (χ0v) is 28.8. The van der Waals surface area contributed by atoms with Crippen LogP contribution in [0.3, 0.4) is 0 Å². The molecule has 1 fully saturated rings. The van der Waals surface area contributed by atoms with Crippen molar-refractivity contribution in [2.45, 2.75) is 19.4 Å². The Kier molecular flexibility index (Phi) is 11.6. The summed E-state index contributed by atoms with van der Waals surface area (Å²) in [5.74, 6) is -2.23. The first-order valence-corrected chi connectivity index (χ1v) is 17.3. The van der Waals surface area contributed by atoms with Crippen molar-refractivity contribution in [2.24, 2.45) is 11.1 Å². The molecule has 2 amide bonds. The fourth-order valence-corrected chi connectivity index (χ4v) is 6.54. The van der Waals surface area contributed by atoms with Gasteiger partial charge in [-0.05, 0) is 66.4 Å². The first kappa shape index (κ1) is 36.0. The van der Waals surface area contributed by atoms with Gasteiger partial charge < -0.3 is 30.0 Å². The Bertz CT molecular complexity index is 1970. The fraction of sp³-hybridized carbons (Fsp3) is 0.289. The molecule has 0 aliphatic heterocycles. The van der Waals surface area contributed by atoms with Crippen molar-refractivity contribution in [3.63, 3.8) is 0 Å². The van der Waals surface area contributed by atoms with Gasteiger partial charge in [-0.2, -0.15) is 0 Å². The molecule has 0 radical (unpaired) electrons. The lowest BCUT2D eigenvalue weighted by molar-refractivity contribution is -0.133. The average Bonchev–Trinajstić information content (AvgIpc) is 3.84. The Balaban J connectivity index is 1.11. The molecule has 0 atom stereocenters. The number of nitrogens with zero attached hydrogens (tertiary/aromatic N) is 2. The number of halogens is 2. The second-order valence-corrected chi connectivity index (χ2v) is 13.1. The Morgan fingerprint density at radius 1 is 0.882 bits per heavy atom. The van der Waals surface area contributed by atoms with Crippen LogP contribution in [0.25, 0.3) is 20.7 Å². The minimum Gasteiger partial charge on any atom is -0.453 e. The van der Waals surface area contributed by atoms with Crippen LogP contribution in [0.2, 0.25) is 0 Å². The summed E-state index contributed by atoms with van der Waals surface area (Å²) in [6.07, 6.45) is 2.17. The molecule has 13 heteroatoms. The number of nitrogens with one attached hydrogen (secondary N) is 1. The molecule has 1 aliphatic carbocycles. The summed E-state index contributed by atoms with van der Waals surface area (Å²) >= 11 is 1.48. The monoisotopic (exact) mass is 716 g/mol. The number of carbonyl (C=O) groups excluding carboxylic acids is 2. The van der Waals surface area contributed by atoms with Gasteiger partial charge in [0, 0.05) is 49.1 Å². The summed E-state index contributed by atoms with van der Waals surface area (Å²) in [5, 5.41) is 3.38. The van der Waals surface area contributed by atoms with Gasteiger partial charge in [0.25, 0.3) is 0 Å². The zero-order valence-electron chi connectivity index (χ0n) is 28.0. The summed E-state index contributed by atoms with van der Waals surface area (Å²) in [6.45, 7) is 4.22. The Morgan fingerprint density at radius 3 is 2.27 bits per heavy atom. The summed E-state index contributed by atoms with van der Waals surface area (Å²) in [4.78, 5) is 32.5. The number of thiophene rings is 1. The van der Waals surface area contributed by atoms with Crippen LogP contribution in [0.4, 0.5) is 20.2 Å². The molecule has 2 aromatic heterocycles. The van der Waals surface area contributed by atoms with Gasteiger partial charge >= 0.3 is 0 Å². The van der Waals surface area contributed by atoms with E-state index in [1.165, 1.54) is 52.6 Å². The summed E-state index contributed by atoms with van der Waals surface area (Å²) < 4.78 is 52.1. The van der Waals surface area contributed by atoms with Crippen molar-refractivity contribution in [3.05, 3.63) is 102 Å². The van der Waals surface area contributed by atoms with Crippen LogP contribution in [0.15, 0.2) is 85.1 Å². The maximum Gasteiger partial charge on any atom is 0.247 e. The predicted molar refractivity (Wildman–Crippen MR) is 191 cm³/mol. The molecule has 10 nitrogen and oxygen atoms in total. The third kappa shape index (κ3) is 8.58. The molecule has 3 aromatic carbocycles. The van der Waals surface area contributed by atoms with E-state index in [4.69, 9.17) is 24.7 Å². The van der Waals surface area contributed by atoms with E-state index in [-0.39, 0.29) is 30.0 Å². The highest BCUT2D eigenvalue weighted by atomic mass is 32.1. The lowest BCUT2D eigenvalue weighted by atomic mass is 10.0. The van der Waals surface area contributed by atoms with Crippen LogP contribution in [-0.2, 0) is 30.3 Å². The quantitative estimate of drug-likeness (QED) is 0.0756. The van der Waals surface area contributed by atoms with Crippen molar-refractivity contribution in [1.29, 1.82) is 0 Å². The molecule has 0 saturated heterocycles. The van der Waals surface area contributed by atoms with E-state index in [2.05, 4.69) is 22.4 Å². The van der Waals surface area contributed by atoms with Gasteiger partial charge in [0.2, 0.25) is 11.8 Å². The number of ether oxygens (including phenoxy) is 4. The Morgan fingerprint density at radius 2 is 1.59 bits per heavy atom. The van der Waals surface area contributed by atoms with E-state index in [0.717, 1.165) is 26.8 Å². The minimum atomic E-state index is -1.38. The molecular formula is C38H38F2N4O6S. The molecule has 2 heterocycles. The van der Waals surface area contributed by atoms with Gasteiger partial charge in [-0.1, -0.05) is 24.3 Å². The number of benzene rings is 3. The smallest absolute Gasteiger partial charge is 0.247 e. The van der Waals surface area contributed by atoms with E-state index in [1.807, 2.05) is 18.2 Å². The van der Waals surface area contributed by atoms with Gasteiger partial charge in [0.15, 0.2) is 11.6 Å². The number of pyridine rings is 1. The first-order chi connectivity index (χ1) is 24.8. The van der Waals surface area contributed by atoms with E-state index >= 15 is 4.39 Å². The summed E-state index contributed by atoms with van der Waals surface area (Å²) in [5.41, 5.74) is 7.45. The SMILES string of the molecule is COCCOCCOCCNCc1ccc(-c2cc3nccc(Oc4ccc(N(C(=O)C5(C(N)=O)CC5)c5ccc(F)cc5)cc4F)c3s2)cc1. The van der Waals surface area contributed by atoms with Crippen LogP contribution >= 0.6 is 11.3 Å². The zero-order chi connectivity index (χ0) is 35.8. The van der Waals surface area contributed by atoms with E-state index < -0.39 is 28.9 Å². The van der Waals surface area contributed by atoms with Crippen LogP contribution in [0.1, 0.15) is 18.4 Å². The number of carbonyl (C=O) groups is 2. The van der Waals surface area contributed by atoms with Crippen molar-refractivity contribution < 1.29 is 37.3 Å². The molecule has 0 spiro atoms. The Hall–Kier alpha value is -4.79. The van der Waals surface area contributed by atoms with E-state index in [0.29, 0.717) is 57.4 Å². The number of methoxy groups -OCH3 is 1. The number of primary amides is 1. The number of nitrogens with two attached hydrogens (primary N) is 1. The van der Waals surface area contributed by atoms with Crippen molar-refractivity contribution in [2.75, 3.05) is 51.6 Å². The second kappa shape index (κ2) is 16.5. The highest BCUT2D eigenvalue weighted by molar-refractivity contribution is 7.22. The van der Waals surface area contributed by atoms with Gasteiger partial charge in [-0.25, -0.2) is 8.78 Å². The lowest BCUT2D eigenvalue weighted by Gasteiger charge is -2.26. The first-order valence-electron chi connectivity index (χ1n) is 16.5. The molecule has 3 N–H and O–H groups in total. The average molecular weight is 717 g/mol. The number of fused-ring (bicyclic) bond motifs is 1. The minimum absolute atomic E-state index is 0.0681. The second-order valence-electron chi connectivity index (χ2n) is 12.0. The number of hydrogen-bond donors (Lipinski definition) is 2. The van der Waals surface area contributed by atoms with Crippen molar-refractivity contribution in [1.82, 2.24) is 10.3 Å². The third-order valence-electron chi connectivity index (χ3n) is 8.48. The molecule has 6 rings (SSSR count). The van der Waals surface area contributed by atoms with Crippen LogP contribution in [0.5, 0.6) is 11.5 Å². The number of aromatic nitrogens is 1. The normalized spacial score (nSPS) is 13.3. The van der Waals surface area contributed by atoms with Crippen LogP contribution in [-0.4, -0.2) is 63.5 Å². The van der Waals surface area contributed by atoms with Gasteiger partial charge in [0.1, 0.15) is 17.0 Å². The molecule has 266 valence electrons. The highest BCUT2D eigenvalue weighted by Crippen LogP contribution is 2.49. The van der Waals surface area contributed by atoms with Crippen LogP contribution in [0, 0.1) is 17.0 Å². The topological polar surface area (TPSA) is 125 Å². The Labute approximate surface area is 298 Å². The van der Waals surface area contributed by atoms with Crippen molar-refractivity contribution in [3.8, 4) is 21.9 Å². The molecule has 51 heavy (non-hydrogen) atoms. The number of anilines is 2. The van der Waals surface area contributed by atoms with Gasteiger partial charge in [0.05, 0.1) is 48.9 Å². The molecular weight excluding hydrogens is 679 g/mol. The molecule has 0 unspecified atom stereocenters. The number of rotatable bonds is 18. The summed E-state index contributed by atoms with van der Waals surface area (Å²) in [6, 6.07) is 21.1. The predicted octanol–water partition coefficient (Wildman–Crippen LogP) is 6.73. The number of hydrogen-bond acceptors (Lipinski definition) is 9. The maximum absolute atomic E-state index is 15.7.